The van der Waals surface area contributed by atoms with Crippen LogP contribution in [0.5, 0.6) is 5.75 Å². The molecular weight excluding hydrogens is 215 g/mol. The lowest BCUT2D eigenvalue weighted by molar-refractivity contribution is 0.464. The number of hydrogen-bond donors (Lipinski definition) is 1. The molecular formula is C15H15FO. The van der Waals surface area contributed by atoms with Crippen LogP contribution in [0.1, 0.15) is 22.3 Å². The Morgan fingerprint density at radius 3 is 2.47 bits per heavy atom. The topological polar surface area (TPSA) is 20.2 Å². The molecule has 1 N–H and O–H groups in total. The first kappa shape index (κ1) is 11.6. The van der Waals surface area contributed by atoms with Gasteiger partial charge in [-0.3, -0.25) is 0 Å². The number of hydrogen-bond acceptors (Lipinski definition) is 1. The first-order chi connectivity index (χ1) is 8.08. The molecule has 88 valence electrons. The molecule has 0 aromatic heterocycles. The highest BCUT2D eigenvalue weighted by molar-refractivity contribution is 5.45. The van der Waals surface area contributed by atoms with Gasteiger partial charge in [-0.15, -0.1) is 0 Å². The van der Waals surface area contributed by atoms with Gasteiger partial charge in [-0.2, -0.15) is 0 Å². The minimum atomic E-state index is -0.231. The zero-order chi connectivity index (χ0) is 12.4. The van der Waals surface area contributed by atoms with Gasteiger partial charge in [0, 0.05) is 6.42 Å². The van der Waals surface area contributed by atoms with Gasteiger partial charge in [0.1, 0.15) is 11.6 Å². The van der Waals surface area contributed by atoms with Gasteiger partial charge >= 0.3 is 0 Å². The van der Waals surface area contributed by atoms with Crippen molar-refractivity contribution in [3.8, 4) is 5.75 Å². The number of halogens is 1. The van der Waals surface area contributed by atoms with Crippen molar-refractivity contribution in [2.45, 2.75) is 20.3 Å². The van der Waals surface area contributed by atoms with E-state index in [0.717, 1.165) is 16.7 Å². The van der Waals surface area contributed by atoms with E-state index in [2.05, 4.69) is 0 Å². The molecule has 17 heavy (non-hydrogen) atoms. The van der Waals surface area contributed by atoms with Gasteiger partial charge in [0.05, 0.1) is 0 Å². The molecule has 0 unspecified atom stereocenters. The van der Waals surface area contributed by atoms with Crippen molar-refractivity contribution in [3.05, 3.63) is 64.5 Å². The standard InChI is InChI=1S/C15H15FO/c1-10-7-11(2)15(17)13(8-10)9-12-5-3-4-6-14(12)16/h3-8,17H,9H2,1-2H3. The minimum absolute atomic E-state index is 0.231. The van der Waals surface area contributed by atoms with E-state index >= 15 is 0 Å². The Morgan fingerprint density at radius 2 is 1.76 bits per heavy atom. The monoisotopic (exact) mass is 230 g/mol. The maximum absolute atomic E-state index is 13.5. The van der Waals surface area contributed by atoms with Crippen LogP contribution in [0.2, 0.25) is 0 Å². The molecule has 2 rings (SSSR count). The molecule has 2 aromatic rings. The Hall–Kier alpha value is -1.83. The fourth-order valence-electron chi connectivity index (χ4n) is 2.03. The maximum atomic E-state index is 13.5. The lowest BCUT2D eigenvalue weighted by Gasteiger charge is -2.09. The number of aryl methyl sites for hydroxylation is 2. The molecule has 0 amide bonds. The van der Waals surface area contributed by atoms with Crippen molar-refractivity contribution < 1.29 is 9.50 Å². The second-order valence-electron chi connectivity index (χ2n) is 4.36. The first-order valence-corrected chi connectivity index (χ1v) is 5.60. The smallest absolute Gasteiger partial charge is 0.126 e. The SMILES string of the molecule is Cc1cc(C)c(O)c(Cc2ccccc2F)c1. The third-order valence-electron chi connectivity index (χ3n) is 2.86. The summed E-state index contributed by atoms with van der Waals surface area (Å²) in [5.74, 6) is 0.0323. The fraction of sp³-hybridized carbons (Fsp3) is 0.200. The second kappa shape index (κ2) is 4.58. The van der Waals surface area contributed by atoms with Crippen LogP contribution in [0.15, 0.2) is 36.4 Å². The Morgan fingerprint density at radius 1 is 1.06 bits per heavy atom. The quantitative estimate of drug-likeness (QED) is 0.833. The van der Waals surface area contributed by atoms with Gasteiger partial charge in [-0.1, -0.05) is 35.9 Å². The molecule has 2 heteroatoms. The van der Waals surface area contributed by atoms with E-state index in [9.17, 15) is 9.50 Å². The van der Waals surface area contributed by atoms with Gasteiger partial charge in [-0.05, 0) is 36.6 Å². The average molecular weight is 230 g/mol. The summed E-state index contributed by atoms with van der Waals surface area (Å²) < 4.78 is 13.5. The van der Waals surface area contributed by atoms with Crippen molar-refractivity contribution in [2.24, 2.45) is 0 Å². The maximum Gasteiger partial charge on any atom is 0.126 e. The predicted molar refractivity (Wildman–Crippen MR) is 66.8 cm³/mol. The third-order valence-corrected chi connectivity index (χ3v) is 2.86. The van der Waals surface area contributed by atoms with Crippen LogP contribution in [0, 0.1) is 19.7 Å². The van der Waals surface area contributed by atoms with E-state index in [1.54, 1.807) is 18.2 Å². The van der Waals surface area contributed by atoms with Crippen LogP contribution in [0.25, 0.3) is 0 Å². The van der Waals surface area contributed by atoms with Gasteiger partial charge in [0.25, 0.3) is 0 Å². The van der Waals surface area contributed by atoms with E-state index in [-0.39, 0.29) is 11.6 Å². The largest absolute Gasteiger partial charge is 0.507 e. The summed E-state index contributed by atoms with van der Waals surface area (Å²) in [6.45, 7) is 3.82. The van der Waals surface area contributed by atoms with Crippen LogP contribution in [-0.4, -0.2) is 5.11 Å². The highest BCUT2D eigenvalue weighted by Gasteiger charge is 2.08. The van der Waals surface area contributed by atoms with Crippen LogP contribution in [-0.2, 0) is 6.42 Å². The predicted octanol–water partition coefficient (Wildman–Crippen LogP) is 3.74. The van der Waals surface area contributed by atoms with Gasteiger partial charge < -0.3 is 5.11 Å². The van der Waals surface area contributed by atoms with Crippen molar-refractivity contribution in [1.29, 1.82) is 0 Å². The van der Waals surface area contributed by atoms with Gasteiger partial charge in [0.15, 0.2) is 0 Å². The fourth-order valence-corrected chi connectivity index (χ4v) is 2.03. The summed E-state index contributed by atoms with van der Waals surface area (Å²) in [6, 6.07) is 10.5. The van der Waals surface area contributed by atoms with E-state index in [4.69, 9.17) is 0 Å². The number of rotatable bonds is 2. The summed E-state index contributed by atoms with van der Waals surface area (Å²) in [6.07, 6.45) is 0.418. The van der Waals surface area contributed by atoms with Crippen LogP contribution in [0.4, 0.5) is 4.39 Å². The lowest BCUT2D eigenvalue weighted by atomic mass is 9.99. The Kier molecular flexibility index (Phi) is 3.14. The van der Waals surface area contributed by atoms with E-state index in [1.165, 1.54) is 6.07 Å². The van der Waals surface area contributed by atoms with Crippen LogP contribution < -0.4 is 0 Å². The second-order valence-corrected chi connectivity index (χ2v) is 4.36. The molecule has 0 aliphatic carbocycles. The molecule has 0 aliphatic rings. The molecule has 2 aromatic carbocycles. The van der Waals surface area contributed by atoms with Crippen molar-refractivity contribution in [1.82, 2.24) is 0 Å². The van der Waals surface area contributed by atoms with E-state index in [0.29, 0.717) is 12.0 Å². The van der Waals surface area contributed by atoms with E-state index in [1.807, 2.05) is 26.0 Å². The highest BCUT2D eigenvalue weighted by Crippen LogP contribution is 2.26. The molecule has 0 saturated heterocycles. The van der Waals surface area contributed by atoms with Crippen LogP contribution in [0.3, 0.4) is 0 Å². The molecule has 1 nitrogen and oxygen atoms in total. The number of phenolic OH excluding ortho intramolecular Hbond substituents is 1. The molecule has 0 atom stereocenters. The Labute approximate surface area is 101 Å². The molecule has 0 heterocycles. The molecule has 0 fully saturated rings. The molecule has 0 bridgehead atoms. The average Bonchev–Trinajstić information content (AvgIpc) is 2.28. The van der Waals surface area contributed by atoms with Crippen molar-refractivity contribution >= 4 is 0 Å². The summed E-state index contributed by atoms with van der Waals surface area (Å²) >= 11 is 0. The van der Waals surface area contributed by atoms with Gasteiger partial charge in [0.2, 0.25) is 0 Å². The van der Waals surface area contributed by atoms with Crippen molar-refractivity contribution in [3.63, 3.8) is 0 Å². The molecule has 0 radical (unpaired) electrons. The number of aromatic hydroxyl groups is 1. The van der Waals surface area contributed by atoms with Gasteiger partial charge in [-0.25, -0.2) is 4.39 Å². The summed E-state index contributed by atoms with van der Waals surface area (Å²) in [5.41, 5.74) is 3.28. The first-order valence-electron chi connectivity index (χ1n) is 5.60. The summed E-state index contributed by atoms with van der Waals surface area (Å²) in [5, 5.41) is 9.95. The zero-order valence-corrected chi connectivity index (χ0v) is 10.00. The number of phenols is 1. The van der Waals surface area contributed by atoms with Crippen LogP contribution >= 0.6 is 0 Å². The summed E-state index contributed by atoms with van der Waals surface area (Å²) in [4.78, 5) is 0. The minimum Gasteiger partial charge on any atom is -0.507 e. The molecule has 0 spiro atoms. The molecule has 0 saturated carbocycles. The van der Waals surface area contributed by atoms with E-state index < -0.39 is 0 Å². The summed E-state index contributed by atoms with van der Waals surface area (Å²) in [7, 11) is 0. The van der Waals surface area contributed by atoms with Crippen molar-refractivity contribution in [2.75, 3.05) is 0 Å². The zero-order valence-electron chi connectivity index (χ0n) is 10.00. The third kappa shape index (κ3) is 2.47. The molecule has 0 aliphatic heterocycles. The lowest BCUT2D eigenvalue weighted by Crippen LogP contribution is -1.95. The Bertz CT molecular complexity index is 547. The number of benzene rings is 2. The Balaban J connectivity index is 2.40. The normalized spacial score (nSPS) is 10.5. The highest BCUT2D eigenvalue weighted by atomic mass is 19.1.